The van der Waals surface area contributed by atoms with Crippen molar-refractivity contribution in [2.24, 2.45) is 0 Å². The molecule has 1 aromatic carbocycles. The van der Waals surface area contributed by atoms with Gasteiger partial charge >= 0.3 is 0 Å². The van der Waals surface area contributed by atoms with Crippen molar-refractivity contribution in [1.82, 2.24) is 19.9 Å². The van der Waals surface area contributed by atoms with Crippen LogP contribution in [0.2, 0.25) is 0 Å². The first-order chi connectivity index (χ1) is 8.86. The number of aromatic nitrogens is 4. The Kier molecular flexibility index (Phi) is 2.57. The van der Waals surface area contributed by atoms with Gasteiger partial charge in [-0.1, -0.05) is 0 Å². The monoisotopic (exact) mass is 238 g/mol. The van der Waals surface area contributed by atoms with Crippen molar-refractivity contribution >= 4 is 11.2 Å². The lowest BCUT2D eigenvalue weighted by atomic mass is 10.1. The Morgan fingerprint density at radius 2 is 1.83 bits per heavy atom. The van der Waals surface area contributed by atoms with Crippen molar-refractivity contribution in [2.75, 3.05) is 7.11 Å². The molecule has 0 aliphatic heterocycles. The van der Waals surface area contributed by atoms with Crippen LogP contribution < -0.4 is 4.74 Å². The van der Waals surface area contributed by atoms with Gasteiger partial charge in [0, 0.05) is 5.56 Å². The van der Waals surface area contributed by atoms with E-state index >= 15 is 0 Å². The molecule has 0 spiro atoms. The SMILES string of the molecule is COc1ccc(-c2cnc3cncnc3n2)cc1. The maximum atomic E-state index is 5.12. The van der Waals surface area contributed by atoms with E-state index in [2.05, 4.69) is 19.9 Å². The van der Waals surface area contributed by atoms with Crippen molar-refractivity contribution < 1.29 is 4.74 Å². The minimum atomic E-state index is 0.596. The molecule has 2 heterocycles. The fourth-order valence-corrected chi connectivity index (χ4v) is 1.67. The molecule has 0 unspecified atom stereocenters. The predicted molar refractivity (Wildman–Crippen MR) is 67.1 cm³/mol. The van der Waals surface area contributed by atoms with Gasteiger partial charge in [0.1, 0.15) is 17.6 Å². The highest BCUT2D eigenvalue weighted by atomic mass is 16.5. The third kappa shape index (κ3) is 1.86. The quantitative estimate of drug-likeness (QED) is 0.684. The molecule has 0 atom stereocenters. The Balaban J connectivity index is 2.07. The summed E-state index contributed by atoms with van der Waals surface area (Å²) in [5.41, 5.74) is 3.04. The molecule has 3 rings (SSSR count). The van der Waals surface area contributed by atoms with Crippen LogP contribution in [0.4, 0.5) is 0 Å². The number of hydrogen-bond donors (Lipinski definition) is 0. The smallest absolute Gasteiger partial charge is 0.181 e. The zero-order valence-corrected chi connectivity index (χ0v) is 9.74. The second-order valence-electron chi connectivity index (χ2n) is 3.72. The Morgan fingerprint density at radius 3 is 2.61 bits per heavy atom. The Bertz CT molecular complexity index is 682. The summed E-state index contributed by atoms with van der Waals surface area (Å²) < 4.78 is 5.12. The third-order valence-electron chi connectivity index (χ3n) is 2.61. The molecule has 0 saturated heterocycles. The third-order valence-corrected chi connectivity index (χ3v) is 2.61. The maximum Gasteiger partial charge on any atom is 0.181 e. The van der Waals surface area contributed by atoms with Crippen molar-refractivity contribution in [3.05, 3.63) is 43.0 Å². The molecule has 88 valence electrons. The lowest BCUT2D eigenvalue weighted by molar-refractivity contribution is 0.415. The number of benzene rings is 1. The van der Waals surface area contributed by atoms with Crippen LogP contribution in [-0.4, -0.2) is 27.0 Å². The minimum Gasteiger partial charge on any atom is -0.497 e. The van der Waals surface area contributed by atoms with E-state index in [1.165, 1.54) is 6.33 Å². The van der Waals surface area contributed by atoms with E-state index in [4.69, 9.17) is 4.74 Å². The average molecular weight is 238 g/mol. The van der Waals surface area contributed by atoms with Crippen LogP contribution >= 0.6 is 0 Å². The topological polar surface area (TPSA) is 60.8 Å². The van der Waals surface area contributed by atoms with E-state index in [0.717, 1.165) is 17.0 Å². The number of fused-ring (bicyclic) bond motifs is 1. The van der Waals surface area contributed by atoms with Crippen molar-refractivity contribution in [2.45, 2.75) is 0 Å². The van der Waals surface area contributed by atoms with E-state index in [1.54, 1.807) is 19.5 Å². The first kappa shape index (κ1) is 10.6. The van der Waals surface area contributed by atoms with E-state index in [-0.39, 0.29) is 0 Å². The Hall–Kier alpha value is -2.56. The number of hydrogen-bond acceptors (Lipinski definition) is 5. The molecule has 2 aromatic heterocycles. The highest BCUT2D eigenvalue weighted by Gasteiger charge is 2.03. The summed E-state index contributed by atoms with van der Waals surface area (Å²) in [6.45, 7) is 0. The summed E-state index contributed by atoms with van der Waals surface area (Å²) in [4.78, 5) is 16.7. The number of nitrogens with zero attached hydrogens (tertiary/aromatic N) is 4. The molecule has 18 heavy (non-hydrogen) atoms. The van der Waals surface area contributed by atoms with Gasteiger partial charge in [-0.2, -0.15) is 0 Å². The molecule has 0 radical (unpaired) electrons. The number of methoxy groups -OCH3 is 1. The normalized spacial score (nSPS) is 10.5. The summed E-state index contributed by atoms with van der Waals surface area (Å²) in [5.74, 6) is 0.815. The van der Waals surface area contributed by atoms with Crippen LogP contribution in [-0.2, 0) is 0 Å². The van der Waals surface area contributed by atoms with E-state index in [9.17, 15) is 0 Å². The molecular formula is C13H10N4O. The van der Waals surface area contributed by atoms with Gasteiger partial charge in [-0.05, 0) is 24.3 Å². The molecule has 0 bridgehead atoms. The highest BCUT2D eigenvalue weighted by molar-refractivity contribution is 5.72. The van der Waals surface area contributed by atoms with Crippen molar-refractivity contribution in [3.8, 4) is 17.0 Å². The van der Waals surface area contributed by atoms with Gasteiger partial charge in [-0.15, -0.1) is 0 Å². The van der Waals surface area contributed by atoms with Crippen LogP contribution in [0.25, 0.3) is 22.4 Å². The zero-order valence-electron chi connectivity index (χ0n) is 9.74. The van der Waals surface area contributed by atoms with E-state index in [0.29, 0.717) is 11.2 Å². The zero-order chi connectivity index (χ0) is 12.4. The first-order valence-corrected chi connectivity index (χ1v) is 5.44. The standard InChI is InChI=1S/C13H10N4O/c1-18-10-4-2-9(3-5-10)11-7-15-12-6-14-8-16-13(12)17-11/h2-8H,1H3. The van der Waals surface area contributed by atoms with Gasteiger partial charge in [0.2, 0.25) is 0 Å². The molecule has 0 aliphatic rings. The summed E-state index contributed by atoms with van der Waals surface area (Å²) >= 11 is 0. The van der Waals surface area contributed by atoms with Crippen LogP contribution in [0.1, 0.15) is 0 Å². The summed E-state index contributed by atoms with van der Waals surface area (Å²) in [6, 6.07) is 7.66. The fourth-order valence-electron chi connectivity index (χ4n) is 1.67. The van der Waals surface area contributed by atoms with Gasteiger partial charge in [-0.3, -0.25) is 0 Å². The summed E-state index contributed by atoms with van der Waals surface area (Å²) in [5, 5.41) is 0. The van der Waals surface area contributed by atoms with E-state index < -0.39 is 0 Å². The second kappa shape index (κ2) is 4.37. The molecule has 0 amide bonds. The van der Waals surface area contributed by atoms with Crippen molar-refractivity contribution in [3.63, 3.8) is 0 Å². The van der Waals surface area contributed by atoms with Gasteiger partial charge in [0.05, 0.1) is 25.2 Å². The van der Waals surface area contributed by atoms with Gasteiger partial charge in [0.15, 0.2) is 5.65 Å². The van der Waals surface area contributed by atoms with Crippen LogP contribution in [0, 0.1) is 0 Å². The Morgan fingerprint density at radius 1 is 1.00 bits per heavy atom. The predicted octanol–water partition coefficient (Wildman–Crippen LogP) is 2.10. The van der Waals surface area contributed by atoms with Gasteiger partial charge in [-0.25, -0.2) is 19.9 Å². The largest absolute Gasteiger partial charge is 0.497 e. The first-order valence-electron chi connectivity index (χ1n) is 5.44. The lowest BCUT2D eigenvalue weighted by Gasteiger charge is -2.03. The number of ether oxygens (including phenoxy) is 1. The molecule has 0 fully saturated rings. The lowest BCUT2D eigenvalue weighted by Crippen LogP contribution is -1.92. The number of rotatable bonds is 2. The maximum absolute atomic E-state index is 5.12. The van der Waals surface area contributed by atoms with Crippen LogP contribution in [0.3, 0.4) is 0 Å². The molecule has 5 nitrogen and oxygen atoms in total. The summed E-state index contributed by atoms with van der Waals surface area (Å²) in [6.07, 6.45) is 4.83. The van der Waals surface area contributed by atoms with Gasteiger partial charge in [0.25, 0.3) is 0 Å². The van der Waals surface area contributed by atoms with Crippen LogP contribution in [0.5, 0.6) is 5.75 Å². The van der Waals surface area contributed by atoms with Crippen LogP contribution in [0.15, 0.2) is 43.0 Å². The van der Waals surface area contributed by atoms with Crippen molar-refractivity contribution in [1.29, 1.82) is 0 Å². The second-order valence-corrected chi connectivity index (χ2v) is 3.72. The molecule has 0 aliphatic carbocycles. The minimum absolute atomic E-state index is 0.596. The average Bonchev–Trinajstić information content (AvgIpc) is 2.47. The highest BCUT2D eigenvalue weighted by Crippen LogP contribution is 2.20. The molecule has 5 heteroatoms. The summed E-state index contributed by atoms with van der Waals surface area (Å²) in [7, 11) is 1.64. The Labute approximate surface area is 104 Å². The fraction of sp³-hybridized carbons (Fsp3) is 0.0769. The molecule has 0 N–H and O–H groups in total. The molecule has 0 saturated carbocycles. The van der Waals surface area contributed by atoms with E-state index in [1.807, 2.05) is 24.3 Å². The molecule has 3 aromatic rings. The molecular weight excluding hydrogens is 228 g/mol. The van der Waals surface area contributed by atoms with Gasteiger partial charge < -0.3 is 4.74 Å².